The van der Waals surface area contributed by atoms with Gasteiger partial charge >= 0.3 is 0 Å². The zero-order chi connectivity index (χ0) is 16.3. The third-order valence-corrected chi connectivity index (χ3v) is 4.25. The largest absolute Gasteiger partial charge is 0.348 e. The van der Waals surface area contributed by atoms with Crippen LogP contribution in [0.25, 0.3) is 10.4 Å². The van der Waals surface area contributed by atoms with Crippen molar-refractivity contribution in [1.82, 2.24) is 0 Å². The number of nitrogens with zero attached hydrogens (tertiary/aromatic N) is 3. The summed E-state index contributed by atoms with van der Waals surface area (Å²) in [7, 11) is 0. The van der Waals surface area contributed by atoms with Gasteiger partial charge in [-0.05, 0) is 38.6 Å². The van der Waals surface area contributed by atoms with Gasteiger partial charge in [-0.2, -0.15) is 0 Å². The molecule has 0 amide bonds. The normalized spacial score (nSPS) is 21.5. The van der Waals surface area contributed by atoms with Crippen molar-refractivity contribution in [2.75, 3.05) is 6.61 Å². The second-order valence-electron chi connectivity index (χ2n) is 6.80. The zero-order valence-electron chi connectivity index (χ0n) is 14.6. The first-order chi connectivity index (χ1) is 10.6. The van der Waals surface area contributed by atoms with Gasteiger partial charge in [0.25, 0.3) is 0 Å². The van der Waals surface area contributed by atoms with E-state index >= 15 is 0 Å². The number of hydrogen-bond donors (Lipinski definition) is 0. The standard InChI is InChI=1S/C17H33N3O2/c1-4-5-6-7-8-9-10-11-15(19-20-18)12-13-16-14-21-17(2,3)22-16/h15-16H,4-14H2,1-3H3/t15?,16-/m0/s1. The summed E-state index contributed by atoms with van der Waals surface area (Å²) >= 11 is 0. The van der Waals surface area contributed by atoms with Gasteiger partial charge in [0.2, 0.25) is 0 Å². The monoisotopic (exact) mass is 311 g/mol. The molecule has 1 fully saturated rings. The van der Waals surface area contributed by atoms with Crippen LogP contribution in [-0.2, 0) is 9.47 Å². The summed E-state index contributed by atoms with van der Waals surface area (Å²) in [4.78, 5) is 3.00. The topological polar surface area (TPSA) is 67.2 Å². The van der Waals surface area contributed by atoms with E-state index in [1.165, 1.54) is 38.5 Å². The van der Waals surface area contributed by atoms with E-state index < -0.39 is 5.79 Å². The minimum absolute atomic E-state index is 0.105. The molecule has 0 aliphatic carbocycles. The maximum atomic E-state index is 8.71. The Balaban J connectivity index is 2.13. The van der Waals surface area contributed by atoms with E-state index in [1.54, 1.807) is 0 Å². The summed E-state index contributed by atoms with van der Waals surface area (Å²) < 4.78 is 11.4. The van der Waals surface area contributed by atoms with Crippen LogP contribution in [0.4, 0.5) is 0 Å². The van der Waals surface area contributed by atoms with Gasteiger partial charge in [-0.25, -0.2) is 0 Å². The van der Waals surface area contributed by atoms with Gasteiger partial charge in [-0.15, -0.1) is 0 Å². The van der Waals surface area contributed by atoms with Crippen LogP contribution in [0, 0.1) is 0 Å². The molecule has 22 heavy (non-hydrogen) atoms. The number of unbranched alkanes of at least 4 members (excludes halogenated alkanes) is 6. The molecule has 1 aliphatic heterocycles. The molecule has 5 heteroatoms. The molecule has 5 nitrogen and oxygen atoms in total. The second kappa shape index (κ2) is 10.9. The lowest BCUT2D eigenvalue weighted by Crippen LogP contribution is -2.22. The van der Waals surface area contributed by atoms with Crippen molar-refractivity contribution in [2.45, 2.75) is 103 Å². The van der Waals surface area contributed by atoms with Crippen LogP contribution in [0.3, 0.4) is 0 Å². The highest BCUT2D eigenvalue weighted by molar-refractivity contribution is 4.75. The van der Waals surface area contributed by atoms with Gasteiger partial charge in [0, 0.05) is 11.0 Å². The molecule has 1 unspecified atom stereocenters. The van der Waals surface area contributed by atoms with E-state index in [-0.39, 0.29) is 12.1 Å². The molecule has 0 radical (unpaired) electrons. The van der Waals surface area contributed by atoms with E-state index in [9.17, 15) is 0 Å². The molecule has 0 N–H and O–H groups in total. The average Bonchev–Trinajstić information content (AvgIpc) is 2.83. The highest BCUT2D eigenvalue weighted by Crippen LogP contribution is 2.26. The number of rotatable bonds is 12. The van der Waals surface area contributed by atoms with Crippen molar-refractivity contribution in [1.29, 1.82) is 0 Å². The van der Waals surface area contributed by atoms with Gasteiger partial charge in [-0.1, -0.05) is 57.0 Å². The first-order valence-corrected chi connectivity index (χ1v) is 8.93. The summed E-state index contributed by atoms with van der Waals surface area (Å²) in [5.41, 5.74) is 8.71. The zero-order valence-corrected chi connectivity index (χ0v) is 14.6. The smallest absolute Gasteiger partial charge is 0.163 e. The van der Waals surface area contributed by atoms with Gasteiger partial charge in [-0.3, -0.25) is 0 Å². The SMILES string of the molecule is CCCCCCCCCC(CC[C@H]1COC(C)(C)O1)N=[N+]=[N-]. The Kier molecular flexibility index (Phi) is 9.53. The fourth-order valence-corrected chi connectivity index (χ4v) is 2.95. The van der Waals surface area contributed by atoms with Crippen molar-refractivity contribution in [3.8, 4) is 0 Å². The minimum atomic E-state index is -0.461. The molecule has 1 aliphatic rings. The van der Waals surface area contributed by atoms with Gasteiger partial charge in [0.15, 0.2) is 5.79 Å². The molecule has 0 bridgehead atoms. The summed E-state index contributed by atoms with van der Waals surface area (Å²) in [6.07, 6.45) is 12.0. The third-order valence-electron chi connectivity index (χ3n) is 4.25. The summed E-state index contributed by atoms with van der Waals surface area (Å²) in [5, 5.41) is 3.95. The fraction of sp³-hybridized carbons (Fsp3) is 1.00. The lowest BCUT2D eigenvalue weighted by molar-refractivity contribution is -0.139. The molecular weight excluding hydrogens is 278 g/mol. The van der Waals surface area contributed by atoms with Crippen molar-refractivity contribution < 1.29 is 9.47 Å². The second-order valence-corrected chi connectivity index (χ2v) is 6.80. The summed E-state index contributed by atoms with van der Waals surface area (Å²) in [6.45, 7) is 6.77. The van der Waals surface area contributed by atoms with Crippen molar-refractivity contribution >= 4 is 0 Å². The van der Waals surface area contributed by atoms with Crippen LogP contribution >= 0.6 is 0 Å². The van der Waals surface area contributed by atoms with Crippen LogP contribution in [0.2, 0.25) is 0 Å². The van der Waals surface area contributed by atoms with E-state index in [0.717, 1.165) is 25.7 Å². The first-order valence-electron chi connectivity index (χ1n) is 8.93. The van der Waals surface area contributed by atoms with Gasteiger partial charge in [0.1, 0.15) is 0 Å². The highest BCUT2D eigenvalue weighted by Gasteiger charge is 2.32. The van der Waals surface area contributed by atoms with Crippen LogP contribution in [0.15, 0.2) is 5.11 Å². The van der Waals surface area contributed by atoms with Crippen molar-refractivity contribution in [3.63, 3.8) is 0 Å². The van der Waals surface area contributed by atoms with Crippen LogP contribution < -0.4 is 0 Å². The maximum absolute atomic E-state index is 8.71. The molecular formula is C17H33N3O2. The van der Waals surface area contributed by atoms with Gasteiger partial charge < -0.3 is 9.47 Å². The van der Waals surface area contributed by atoms with E-state index in [2.05, 4.69) is 16.9 Å². The minimum Gasteiger partial charge on any atom is -0.348 e. The Hall–Kier alpha value is -0.770. The van der Waals surface area contributed by atoms with E-state index in [1.807, 2.05) is 13.8 Å². The highest BCUT2D eigenvalue weighted by atomic mass is 16.7. The van der Waals surface area contributed by atoms with Crippen LogP contribution in [-0.4, -0.2) is 24.5 Å². The first kappa shape index (κ1) is 19.3. The Morgan fingerprint density at radius 1 is 1.14 bits per heavy atom. The Labute approximate surface area is 135 Å². The number of azide groups is 1. The molecule has 1 heterocycles. The Bertz CT molecular complexity index is 341. The molecule has 128 valence electrons. The predicted molar refractivity (Wildman–Crippen MR) is 89.7 cm³/mol. The predicted octanol–water partition coefficient (Wildman–Crippen LogP) is 5.74. The molecule has 0 spiro atoms. The van der Waals surface area contributed by atoms with E-state index in [0.29, 0.717) is 6.61 Å². The van der Waals surface area contributed by atoms with Crippen LogP contribution in [0.1, 0.15) is 85.0 Å². The Morgan fingerprint density at radius 3 is 2.41 bits per heavy atom. The average molecular weight is 311 g/mol. The number of ether oxygens (including phenoxy) is 2. The third kappa shape index (κ3) is 8.62. The van der Waals surface area contributed by atoms with Gasteiger partial charge in [0.05, 0.1) is 12.7 Å². The molecule has 2 atom stereocenters. The fourth-order valence-electron chi connectivity index (χ4n) is 2.95. The van der Waals surface area contributed by atoms with Crippen molar-refractivity contribution in [3.05, 3.63) is 10.4 Å². The summed E-state index contributed by atoms with van der Waals surface area (Å²) in [5.74, 6) is -0.461. The molecule has 0 aromatic rings. The molecule has 1 rings (SSSR count). The molecule has 0 aromatic heterocycles. The maximum Gasteiger partial charge on any atom is 0.163 e. The van der Waals surface area contributed by atoms with E-state index in [4.69, 9.17) is 15.0 Å². The van der Waals surface area contributed by atoms with Crippen molar-refractivity contribution in [2.24, 2.45) is 5.11 Å². The van der Waals surface area contributed by atoms with Crippen LogP contribution in [0.5, 0.6) is 0 Å². The molecule has 1 saturated heterocycles. The number of hydrogen-bond acceptors (Lipinski definition) is 3. The molecule has 0 saturated carbocycles. The lowest BCUT2D eigenvalue weighted by Gasteiger charge is -2.18. The summed E-state index contributed by atoms with van der Waals surface area (Å²) in [6, 6.07) is 0.105. The molecule has 0 aromatic carbocycles. The Morgan fingerprint density at radius 2 is 1.82 bits per heavy atom. The lowest BCUT2D eigenvalue weighted by atomic mass is 10.0. The quantitative estimate of drug-likeness (QED) is 0.200.